The Labute approximate surface area is 136 Å². The van der Waals surface area contributed by atoms with E-state index in [0.717, 1.165) is 17.0 Å². The maximum absolute atomic E-state index is 5.47. The molecule has 1 aromatic heterocycles. The van der Waals surface area contributed by atoms with Gasteiger partial charge in [-0.3, -0.25) is 0 Å². The predicted octanol–water partition coefficient (Wildman–Crippen LogP) is 3.77. The third-order valence-electron chi connectivity index (χ3n) is 3.59. The largest absolute Gasteiger partial charge is 0.496 e. The lowest BCUT2D eigenvalue weighted by Crippen LogP contribution is -2.33. The standard InChI is InChI=1S/C17H23N4O2/c1-11(2)13-9-12(3)14(10-15(13)22-5)18-19-16-7-8-17(23-6)20-21(16)4/h7-11H,1-6H3/q+1. The van der Waals surface area contributed by atoms with Gasteiger partial charge in [0, 0.05) is 18.2 Å². The smallest absolute Gasteiger partial charge is 0.370 e. The number of azo groups is 1. The van der Waals surface area contributed by atoms with Gasteiger partial charge in [-0.05, 0) is 40.2 Å². The highest BCUT2D eigenvalue weighted by atomic mass is 16.5. The van der Waals surface area contributed by atoms with Gasteiger partial charge in [0.05, 0.1) is 19.3 Å². The number of benzene rings is 1. The monoisotopic (exact) mass is 315 g/mol. The lowest BCUT2D eigenvalue weighted by molar-refractivity contribution is -0.718. The van der Waals surface area contributed by atoms with E-state index in [1.807, 2.05) is 19.1 Å². The van der Waals surface area contributed by atoms with Gasteiger partial charge in [-0.15, -0.1) is 4.68 Å². The topological polar surface area (TPSA) is 60.0 Å². The molecular weight excluding hydrogens is 292 g/mol. The van der Waals surface area contributed by atoms with Gasteiger partial charge in [0.25, 0.3) is 5.88 Å². The number of ether oxygens (including phenoxy) is 2. The molecule has 6 nitrogen and oxygen atoms in total. The van der Waals surface area contributed by atoms with Crippen LogP contribution < -0.4 is 14.2 Å². The second-order valence-corrected chi connectivity index (χ2v) is 5.59. The third-order valence-corrected chi connectivity index (χ3v) is 3.59. The number of aromatic nitrogens is 2. The average molecular weight is 315 g/mol. The first kappa shape index (κ1) is 16.9. The highest BCUT2D eigenvalue weighted by molar-refractivity contribution is 5.54. The summed E-state index contributed by atoms with van der Waals surface area (Å²) in [6, 6.07) is 7.59. The molecule has 2 rings (SSSR count). The van der Waals surface area contributed by atoms with E-state index in [9.17, 15) is 0 Å². The fourth-order valence-electron chi connectivity index (χ4n) is 2.23. The summed E-state index contributed by atoms with van der Waals surface area (Å²) < 4.78 is 12.2. The van der Waals surface area contributed by atoms with Crippen molar-refractivity contribution in [1.29, 1.82) is 0 Å². The normalized spacial score (nSPS) is 11.3. The highest BCUT2D eigenvalue weighted by Gasteiger charge is 2.13. The number of aryl methyl sites for hydroxylation is 2. The summed E-state index contributed by atoms with van der Waals surface area (Å²) in [7, 11) is 5.05. The van der Waals surface area contributed by atoms with Gasteiger partial charge in [0.1, 0.15) is 18.5 Å². The molecule has 0 saturated heterocycles. The van der Waals surface area contributed by atoms with Gasteiger partial charge in [-0.25, -0.2) is 0 Å². The van der Waals surface area contributed by atoms with Crippen molar-refractivity contribution < 1.29 is 14.2 Å². The molecule has 0 unspecified atom stereocenters. The van der Waals surface area contributed by atoms with Crippen molar-refractivity contribution in [2.75, 3.05) is 14.2 Å². The number of hydrogen-bond acceptors (Lipinski definition) is 5. The molecule has 0 radical (unpaired) electrons. The molecule has 0 aliphatic rings. The summed E-state index contributed by atoms with van der Waals surface area (Å²) in [4.78, 5) is 0. The second kappa shape index (κ2) is 7.17. The summed E-state index contributed by atoms with van der Waals surface area (Å²) in [5.74, 6) is 2.39. The van der Waals surface area contributed by atoms with E-state index in [2.05, 4.69) is 35.2 Å². The molecule has 0 saturated carbocycles. The Balaban J connectivity index is 2.36. The molecule has 23 heavy (non-hydrogen) atoms. The summed E-state index contributed by atoms with van der Waals surface area (Å²) >= 11 is 0. The summed E-state index contributed by atoms with van der Waals surface area (Å²) in [5, 5.41) is 12.8. The number of hydrogen-bond donors (Lipinski definition) is 0. The molecule has 1 aromatic carbocycles. The van der Waals surface area contributed by atoms with Gasteiger partial charge in [0.15, 0.2) is 0 Å². The van der Waals surface area contributed by atoms with Crippen LogP contribution in [-0.2, 0) is 7.05 Å². The Kier molecular flexibility index (Phi) is 5.26. The zero-order chi connectivity index (χ0) is 17.0. The van der Waals surface area contributed by atoms with E-state index in [1.165, 1.54) is 5.56 Å². The van der Waals surface area contributed by atoms with E-state index in [-0.39, 0.29) is 0 Å². The van der Waals surface area contributed by atoms with Crippen LogP contribution in [0.5, 0.6) is 11.6 Å². The number of methoxy groups -OCH3 is 2. The van der Waals surface area contributed by atoms with E-state index in [1.54, 1.807) is 32.0 Å². The van der Waals surface area contributed by atoms with E-state index in [0.29, 0.717) is 17.6 Å². The van der Waals surface area contributed by atoms with Crippen LogP contribution in [-0.4, -0.2) is 19.3 Å². The molecule has 2 aromatic rings. The van der Waals surface area contributed by atoms with Gasteiger partial charge in [0.2, 0.25) is 0 Å². The molecule has 0 spiro atoms. The first-order chi connectivity index (χ1) is 11.0. The summed E-state index contributed by atoms with van der Waals surface area (Å²) in [6.45, 7) is 6.30. The van der Waals surface area contributed by atoms with Crippen LogP contribution >= 0.6 is 0 Å². The number of nitrogens with zero attached hydrogens (tertiary/aromatic N) is 4. The van der Waals surface area contributed by atoms with E-state index < -0.39 is 0 Å². The van der Waals surface area contributed by atoms with Crippen molar-refractivity contribution in [3.8, 4) is 11.6 Å². The Morgan fingerprint density at radius 3 is 2.39 bits per heavy atom. The minimum Gasteiger partial charge on any atom is -0.496 e. The van der Waals surface area contributed by atoms with Crippen molar-refractivity contribution in [3.63, 3.8) is 0 Å². The van der Waals surface area contributed by atoms with Crippen LogP contribution in [0.15, 0.2) is 34.5 Å². The molecule has 6 heteroatoms. The number of rotatable bonds is 5. The zero-order valence-corrected chi connectivity index (χ0v) is 14.5. The lowest BCUT2D eigenvalue weighted by Gasteiger charge is -2.13. The molecule has 0 atom stereocenters. The molecule has 0 aliphatic carbocycles. The Morgan fingerprint density at radius 1 is 1.09 bits per heavy atom. The molecule has 1 heterocycles. The third kappa shape index (κ3) is 3.83. The molecular formula is C17H23N4O2+. The predicted molar refractivity (Wildman–Crippen MR) is 88.0 cm³/mol. The van der Waals surface area contributed by atoms with Crippen molar-refractivity contribution in [2.45, 2.75) is 26.7 Å². The van der Waals surface area contributed by atoms with Gasteiger partial charge in [-0.1, -0.05) is 13.8 Å². The Bertz CT molecular complexity index is 727. The molecule has 0 bridgehead atoms. The van der Waals surface area contributed by atoms with E-state index >= 15 is 0 Å². The molecule has 0 aliphatic heterocycles. The second-order valence-electron chi connectivity index (χ2n) is 5.59. The summed E-state index contributed by atoms with van der Waals surface area (Å²) in [5.41, 5.74) is 3.00. The molecule has 0 amide bonds. The van der Waals surface area contributed by atoms with Crippen LogP contribution in [0, 0.1) is 6.92 Å². The first-order valence-corrected chi connectivity index (χ1v) is 7.48. The quantitative estimate of drug-likeness (QED) is 0.623. The van der Waals surface area contributed by atoms with Crippen molar-refractivity contribution >= 4 is 11.5 Å². The van der Waals surface area contributed by atoms with Crippen LogP contribution in [0.2, 0.25) is 0 Å². The van der Waals surface area contributed by atoms with Crippen molar-refractivity contribution in [1.82, 2.24) is 5.10 Å². The fourth-order valence-corrected chi connectivity index (χ4v) is 2.23. The minimum atomic E-state index is 0.387. The maximum Gasteiger partial charge on any atom is 0.370 e. The average Bonchev–Trinajstić information content (AvgIpc) is 2.54. The van der Waals surface area contributed by atoms with Crippen molar-refractivity contribution in [3.05, 3.63) is 35.4 Å². The van der Waals surface area contributed by atoms with Crippen molar-refractivity contribution in [2.24, 2.45) is 17.3 Å². The first-order valence-electron chi connectivity index (χ1n) is 7.48. The molecule has 0 fully saturated rings. The van der Waals surface area contributed by atoms with Gasteiger partial charge in [-0.2, -0.15) is 0 Å². The Hall–Kier alpha value is -2.50. The minimum absolute atomic E-state index is 0.387. The van der Waals surface area contributed by atoms with Gasteiger partial charge >= 0.3 is 5.82 Å². The Morgan fingerprint density at radius 2 is 1.83 bits per heavy atom. The SMILES string of the molecule is COc1ccc(N=Nc2cc(OC)c(C(C)C)cc2C)[n+](C)n1. The van der Waals surface area contributed by atoms with Crippen LogP contribution in [0.4, 0.5) is 11.5 Å². The van der Waals surface area contributed by atoms with E-state index in [4.69, 9.17) is 9.47 Å². The molecule has 122 valence electrons. The molecule has 0 N–H and O–H groups in total. The van der Waals surface area contributed by atoms with Crippen LogP contribution in [0.3, 0.4) is 0 Å². The highest BCUT2D eigenvalue weighted by Crippen LogP contribution is 2.33. The van der Waals surface area contributed by atoms with Crippen LogP contribution in [0.25, 0.3) is 0 Å². The van der Waals surface area contributed by atoms with Crippen LogP contribution in [0.1, 0.15) is 30.9 Å². The lowest BCUT2D eigenvalue weighted by atomic mass is 9.99. The van der Waals surface area contributed by atoms with Gasteiger partial charge < -0.3 is 9.47 Å². The zero-order valence-electron chi connectivity index (χ0n) is 14.5. The fraction of sp³-hybridized carbons (Fsp3) is 0.412. The maximum atomic E-state index is 5.47. The summed E-state index contributed by atoms with van der Waals surface area (Å²) in [6.07, 6.45) is 0.